The van der Waals surface area contributed by atoms with E-state index in [1.165, 1.54) is 0 Å². The van der Waals surface area contributed by atoms with Crippen LogP contribution in [-0.2, 0) is 13.1 Å². The van der Waals surface area contributed by atoms with E-state index in [-0.39, 0.29) is 12.1 Å². The number of anilines is 2. The lowest BCUT2D eigenvalue weighted by molar-refractivity contribution is 0.251. The smallest absolute Gasteiger partial charge is 0.319 e. The highest BCUT2D eigenvalue weighted by Crippen LogP contribution is 2.10. The Morgan fingerprint density at radius 3 is 1.23 bits per heavy atom. The molecule has 0 radical (unpaired) electrons. The molecule has 0 saturated carbocycles. The van der Waals surface area contributed by atoms with Gasteiger partial charge in [0.05, 0.1) is 0 Å². The van der Waals surface area contributed by atoms with Crippen LogP contribution in [0, 0.1) is 13.8 Å². The number of rotatable bonds is 6. The summed E-state index contributed by atoms with van der Waals surface area (Å²) in [4.78, 5) is 24.0. The van der Waals surface area contributed by atoms with E-state index in [0.717, 1.165) is 33.6 Å². The summed E-state index contributed by atoms with van der Waals surface area (Å²) >= 11 is 0. The Morgan fingerprint density at radius 2 is 0.900 bits per heavy atom. The first-order chi connectivity index (χ1) is 14.5. The molecule has 0 aliphatic rings. The minimum Gasteiger partial charge on any atom is -0.334 e. The Hall–Kier alpha value is -3.80. The number of carbonyl (C=O) groups excluding carboxylic acids is 2. The van der Waals surface area contributed by atoms with Crippen molar-refractivity contribution in [2.75, 3.05) is 10.6 Å². The topological polar surface area (TPSA) is 82.3 Å². The third-order valence-corrected chi connectivity index (χ3v) is 4.55. The van der Waals surface area contributed by atoms with Crippen LogP contribution in [0.15, 0.2) is 72.8 Å². The first-order valence-corrected chi connectivity index (χ1v) is 9.79. The largest absolute Gasteiger partial charge is 0.334 e. The summed E-state index contributed by atoms with van der Waals surface area (Å²) < 4.78 is 0. The first kappa shape index (κ1) is 20.9. The Kier molecular flexibility index (Phi) is 7.05. The van der Waals surface area contributed by atoms with Crippen LogP contribution in [-0.4, -0.2) is 12.1 Å². The third-order valence-electron chi connectivity index (χ3n) is 4.55. The van der Waals surface area contributed by atoms with E-state index in [1.54, 1.807) is 0 Å². The van der Waals surface area contributed by atoms with Crippen LogP contribution in [0.25, 0.3) is 0 Å². The predicted octanol–water partition coefficient (Wildman–Crippen LogP) is 4.95. The van der Waals surface area contributed by atoms with Gasteiger partial charge in [-0.05, 0) is 49.2 Å². The summed E-state index contributed by atoms with van der Waals surface area (Å²) in [6, 6.07) is 22.5. The Balaban J connectivity index is 1.40. The van der Waals surface area contributed by atoms with E-state index >= 15 is 0 Å². The standard InChI is InChI=1S/C24H26N4O2/c1-17-3-11-21(12-4-17)27-23(29)25-15-19-7-9-20(10-8-19)16-26-24(30)28-22-13-5-18(2)6-14-22/h3-14H,15-16H2,1-2H3,(H2,25,27,29)(H2,26,28,30). The van der Waals surface area contributed by atoms with E-state index in [0.29, 0.717) is 13.1 Å². The molecule has 0 unspecified atom stereocenters. The number of hydrogen-bond acceptors (Lipinski definition) is 2. The summed E-state index contributed by atoms with van der Waals surface area (Å²) in [5.74, 6) is 0. The van der Waals surface area contributed by atoms with Crippen LogP contribution in [0.2, 0.25) is 0 Å². The van der Waals surface area contributed by atoms with Gasteiger partial charge in [0, 0.05) is 24.5 Å². The van der Waals surface area contributed by atoms with Gasteiger partial charge in [0.2, 0.25) is 0 Å². The van der Waals surface area contributed by atoms with Gasteiger partial charge in [-0.3, -0.25) is 0 Å². The number of urea groups is 2. The number of hydrogen-bond donors (Lipinski definition) is 4. The lowest BCUT2D eigenvalue weighted by Gasteiger charge is -2.10. The number of benzene rings is 3. The molecule has 0 aromatic heterocycles. The van der Waals surface area contributed by atoms with Crippen molar-refractivity contribution in [1.29, 1.82) is 0 Å². The molecular formula is C24H26N4O2. The van der Waals surface area contributed by atoms with E-state index in [4.69, 9.17) is 0 Å². The van der Waals surface area contributed by atoms with Gasteiger partial charge in [0.1, 0.15) is 0 Å². The second-order valence-corrected chi connectivity index (χ2v) is 7.16. The van der Waals surface area contributed by atoms with Crippen molar-refractivity contribution in [2.45, 2.75) is 26.9 Å². The Morgan fingerprint density at radius 1 is 0.567 bits per heavy atom. The highest BCUT2D eigenvalue weighted by Gasteiger charge is 2.04. The number of amides is 4. The Labute approximate surface area is 176 Å². The SMILES string of the molecule is Cc1ccc(NC(=O)NCc2ccc(CNC(=O)Nc3ccc(C)cc3)cc2)cc1. The summed E-state index contributed by atoms with van der Waals surface area (Å²) in [7, 11) is 0. The van der Waals surface area contributed by atoms with Crippen LogP contribution < -0.4 is 21.3 Å². The summed E-state index contributed by atoms with van der Waals surface area (Å²) in [5, 5.41) is 11.3. The zero-order valence-electron chi connectivity index (χ0n) is 17.2. The highest BCUT2D eigenvalue weighted by atomic mass is 16.2. The molecule has 30 heavy (non-hydrogen) atoms. The van der Waals surface area contributed by atoms with Gasteiger partial charge >= 0.3 is 12.1 Å². The molecule has 0 fully saturated rings. The van der Waals surface area contributed by atoms with Gasteiger partial charge < -0.3 is 21.3 Å². The van der Waals surface area contributed by atoms with E-state index in [1.807, 2.05) is 86.6 Å². The van der Waals surface area contributed by atoms with E-state index in [9.17, 15) is 9.59 Å². The maximum absolute atomic E-state index is 12.0. The molecule has 6 heteroatoms. The van der Waals surface area contributed by atoms with Crippen molar-refractivity contribution >= 4 is 23.4 Å². The molecule has 3 rings (SSSR count). The molecule has 0 aliphatic heterocycles. The highest BCUT2D eigenvalue weighted by molar-refractivity contribution is 5.89. The van der Waals surface area contributed by atoms with Crippen molar-refractivity contribution in [1.82, 2.24) is 10.6 Å². The van der Waals surface area contributed by atoms with Crippen LogP contribution >= 0.6 is 0 Å². The van der Waals surface area contributed by atoms with Crippen molar-refractivity contribution in [2.24, 2.45) is 0 Å². The molecular weight excluding hydrogens is 376 g/mol. The minimum absolute atomic E-state index is 0.252. The van der Waals surface area contributed by atoms with Gasteiger partial charge in [0.15, 0.2) is 0 Å². The summed E-state index contributed by atoms with van der Waals surface area (Å²) in [6.45, 7) is 4.83. The average molecular weight is 402 g/mol. The normalized spacial score (nSPS) is 10.2. The fourth-order valence-corrected chi connectivity index (χ4v) is 2.76. The monoisotopic (exact) mass is 402 g/mol. The maximum Gasteiger partial charge on any atom is 0.319 e. The lowest BCUT2D eigenvalue weighted by atomic mass is 10.1. The molecule has 0 saturated heterocycles. The first-order valence-electron chi connectivity index (χ1n) is 9.79. The quantitative estimate of drug-likeness (QED) is 0.471. The predicted molar refractivity (Wildman–Crippen MR) is 121 cm³/mol. The maximum atomic E-state index is 12.0. The molecule has 154 valence electrons. The van der Waals surface area contributed by atoms with Gasteiger partial charge in [0.25, 0.3) is 0 Å². The molecule has 6 nitrogen and oxygen atoms in total. The van der Waals surface area contributed by atoms with Crippen molar-refractivity contribution in [3.8, 4) is 0 Å². The Bertz CT molecular complexity index is 899. The number of nitrogens with one attached hydrogen (secondary N) is 4. The number of aryl methyl sites for hydroxylation is 2. The molecule has 0 atom stereocenters. The molecule has 3 aromatic carbocycles. The van der Waals surface area contributed by atoms with Gasteiger partial charge in [-0.15, -0.1) is 0 Å². The van der Waals surface area contributed by atoms with E-state index < -0.39 is 0 Å². The van der Waals surface area contributed by atoms with Gasteiger partial charge in [-0.25, -0.2) is 9.59 Å². The fourth-order valence-electron chi connectivity index (χ4n) is 2.76. The molecule has 0 spiro atoms. The van der Waals surface area contributed by atoms with E-state index in [2.05, 4.69) is 21.3 Å². The lowest BCUT2D eigenvalue weighted by Crippen LogP contribution is -2.28. The van der Waals surface area contributed by atoms with Crippen LogP contribution in [0.3, 0.4) is 0 Å². The zero-order chi connectivity index (χ0) is 21.3. The second kappa shape index (κ2) is 10.1. The van der Waals surface area contributed by atoms with Crippen molar-refractivity contribution < 1.29 is 9.59 Å². The van der Waals surface area contributed by atoms with Crippen molar-refractivity contribution in [3.63, 3.8) is 0 Å². The summed E-state index contributed by atoms with van der Waals surface area (Å²) in [6.07, 6.45) is 0. The third kappa shape index (κ3) is 6.67. The van der Waals surface area contributed by atoms with Gasteiger partial charge in [-0.2, -0.15) is 0 Å². The molecule has 0 bridgehead atoms. The molecule has 4 amide bonds. The van der Waals surface area contributed by atoms with Crippen LogP contribution in [0.4, 0.5) is 21.0 Å². The number of carbonyl (C=O) groups is 2. The van der Waals surface area contributed by atoms with Crippen LogP contribution in [0.5, 0.6) is 0 Å². The second-order valence-electron chi connectivity index (χ2n) is 7.16. The fraction of sp³-hybridized carbons (Fsp3) is 0.167. The summed E-state index contributed by atoms with van der Waals surface area (Å²) in [5.41, 5.74) is 5.74. The molecule has 0 aliphatic carbocycles. The zero-order valence-corrected chi connectivity index (χ0v) is 17.2. The minimum atomic E-state index is -0.252. The molecule has 0 heterocycles. The van der Waals surface area contributed by atoms with Crippen molar-refractivity contribution in [3.05, 3.63) is 95.1 Å². The average Bonchev–Trinajstić information content (AvgIpc) is 2.75. The van der Waals surface area contributed by atoms with Gasteiger partial charge in [-0.1, -0.05) is 59.7 Å². The molecule has 4 N–H and O–H groups in total. The molecule has 3 aromatic rings. The van der Waals surface area contributed by atoms with Crippen LogP contribution in [0.1, 0.15) is 22.3 Å².